The van der Waals surface area contributed by atoms with Crippen molar-refractivity contribution in [1.82, 2.24) is 0 Å². The van der Waals surface area contributed by atoms with Crippen LogP contribution in [0, 0.1) is 22.7 Å². The highest BCUT2D eigenvalue weighted by Gasteiger charge is 2.55. The fraction of sp³-hybridized carbons (Fsp3) is 0.750. The molecular weight excluding hydrogens is 304 g/mol. The van der Waals surface area contributed by atoms with Gasteiger partial charge in [0.1, 0.15) is 0 Å². The van der Waals surface area contributed by atoms with Gasteiger partial charge in [-0.3, -0.25) is 4.79 Å². The molecule has 1 saturated carbocycles. The van der Waals surface area contributed by atoms with E-state index in [4.69, 9.17) is 0 Å². The van der Waals surface area contributed by atoms with Crippen molar-refractivity contribution >= 4 is 5.78 Å². The van der Waals surface area contributed by atoms with Gasteiger partial charge in [0.2, 0.25) is 0 Å². The minimum absolute atomic E-state index is 0.00875. The molecule has 0 saturated heterocycles. The Labute approximate surface area is 144 Å². The number of hydrogen-bond acceptors (Lipinski definition) is 4. The first-order valence-electron chi connectivity index (χ1n) is 9.15. The normalized spacial score (nSPS) is 40.8. The minimum Gasteiger partial charge on any atom is -0.396 e. The van der Waals surface area contributed by atoms with Crippen molar-refractivity contribution in [1.29, 1.82) is 0 Å². The molecular formula is C20H30O4. The van der Waals surface area contributed by atoms with Gasteiger partial charge in [0.15, 0.2) is 5.78 Å². The third kappa shape index (κ3) is 2.51. The van der Waals surface area contributed by atoms with E-state index in [-0.39, 0.29) is 36.2 Å². The molecule has 0 bridgehead atoms. The molecule has 0 aromatic rings. The summed E-state index contributed by atoms with van der Waals surface area (Å²) in [5.41, 5.74) is 2.61. The first-order chi connectivity index (χ1) is 11.3. The van der Waals surface area contributed by atoms with Crippen LogP contribution >= 0.6 is 0 Å². The lowest BCUT2D eigenvalue weighted by Crippen LogP contribution is -2.44. The van der Waals surface area contributed by atoms with E-state index in [0.717, 1.165) is 25.7 Å². The maximum Gasteiger partial charge on any atom is 0.162 e. The predicted octanol–water partition coefficient (Wildman–Crippen LogP) is 2.38. The van der Waals surface area contributed by atoms with Crippen LogP contribution in [0.25, 0.3) is 0 Å². The number of ketones is 1. The number of carbonyl (C=O) groups excluding carboxylic acids is 1. The Bertz CT molecular complexity index is 605. The molecule has 24 heavy (non-hydrogen) atoms. The number of carbonyl (C=O) groups is 1. The molecule has 1 unspecified atom stereocenters. The zero-order valence-electron chi connectivity index (χ0n) is 15.0. The van der Waals surface area contributed by atoms with Crippen LogP contribution in [0.1, 0.15) is 52.9 Å². The lowest BCUT2D eigenvalue weighted by molar-refractivity contribution is -0.127. The van der Waals surface area contributed by atoms with E-state index in [1.165, 1.54) is 17.2 Å². The van der Waals surface area contributed by atoms with E-state index in [2.05, 4.69) is 6.92 Å². The van der Waals surface area contributed by atoms with Gasteiger partial charge < -0.3 is 15.3 Å². The van der Waals surface area contributed by atoms with Crippen LogP contribution in [-0.2, 0) is 4.79 Å². The SMILES string of the molecule is CC(CO)C1=C2[C@H]3C[C@@H](O)C(CO)=CC(=O)[C@]3(C)CC[C@@]2(C)CC1. The summed E-state index contributed by atoms with van der Waals surface area (Å²) in [5.74, 6) is 0.126. The summed E-state index contributed by atoms with van der Waals surface area (Å²) in [6, 6.07) is 0. The second-order valence-electron chi connectivity index (χ2n) is 8.55. The first kappa shape index (κ1) is 17.8. The van der Waals surface area contributed by atoms with Gasteiger partial charge in [0.05, 0.1) is 12.7 Å². The van der Waals surface area contributed by atoms with Crippen molar-refractivity contribution in [3.05, 3.63) is 22.8 Å². The molecule has 0 aliphatic heterocycles. The van der Waals surface area contributed by atoms with E-state index < -0.39 is 11.5 Å². The average molecular weight is 334 g/mol. The van der Waals surface area contributed by atoms with Crippen LogP contribution < -0.4 is 0 Å². The molecule has 5 atom stereocenters. The first-order valence-corrected chi connectivity index (χ1v) is 9.15. The van der Waals surface area contributed by atoms with E-state index >= 15 is 0 Å². The molecule has 3 aliphatic carbocycles. The van der Waals surface area contributed by atoms with Gasteiger partial charge in [-0.15, -0.1) is 0 Å². The summed E-state index contributed by atoms with van der Waals surface area (Å²) in [6.45, 7) is 6.20. The average Bonchev–Trinajstić information content (AvgIpc) is 2.87. The van der Waals surface area contributed by atoms with E-state index in [0.29, 0.717) is 12.0 Å². The highest BCUT2D eigenvalue weighted by molar-refractivity contribution is 5.96. The minimum atomic E-state index is -0.771. The summed E-state index contributed by atoms with van der Waals surface area (Å²) in [5, 5.41) is 29.7. The standard InChI is InChI=1S/C20H30O4/c1-12(10-21)14-4-5-19(2)6-7-20(3)15(18(14)19)9-16(23)13(11-22)8-17(20)24/h8,12,15-16,21-23H,4-7,9-11H2,1-3H3/t12?,15-,16-,19-,20-/m1/s1. The Morgan fingerprint density at radius 1 is 1.25 bits per heavy atom. The van der Waals surface area contributed by atoms with Crippen molar-refractivity contribution < 1.29 is 20.1 Å². The van der Waals surface area contributed by atoms with Crippen molar-refractivity contribution in [2.75, 3.05) is 13.2 Å². The largest absolute Gasteiger partial charge is 0.396 e. The van der Waals surface area contributed by atoms with Crippen LogP contribution in [0.4, 0.5) is 0 Å². The quantitative estimate of drug-likeness (QED) is 0.693. The van der Waals surface area contributed by atoms with E-state index in [1.807, 2.05) is 13.8 Å². The van der Waals surface area contributed by atoms with Gasteiger partial charge in [0.25, 0.3) is 0 Å². The monoisotopic (exact) mass is 334 g/mol. The van der Waals surface area contributed by atoms with Crippen LogP contribution in [0.5, 0.6) is 0 Å². The number of rotatable bonds is 3. The zero-order valence-corrected chi connectivity index (χ0v) is 15.0. The maximum atomic E-state index is 13.0. The number of hydrogen-bond donors (Lipinski definition) is 3. The third-order valence-electron chi connectivity index (χ3n) is 7.07. The summed E-state index contributed by atoms with van der Waals surface area (Å²) < 4.78 is 0. The highest BCUT2D eigenvalue weighted by Crippen LogP contribution is 2.62. The third-order valence-corrected chi connectivity index (χ3v) is 7.07. The van der Waals surface area contributed by atoms with Crippen molar-refractivity contribution in [3.63, 3.8) is 0 Å². The van der Waals surface area contributed by atoms with Gasteiger partial charge in [-0.25, -0.2) is 0 Å². The molecule has 0 heterocycles. The summed E-state index contributed by atoms with van der Waals surface area (Å²) in [4.78, 5) is 13.0. The number of allylic oxidation sites excluding steroid dienone is 2. The maximum absolute atomic E-state index is 13.0. The molecule has 0 spiro atoms. The lowest BCUT2D eigenvalue weighted by atomic mass is 9.54. The molecule has 3 aliphatic rings. The van der Waals surface area contributed by atoms with Gasteiger partial charge in [0, 0.05) is 17.9 Å². The number of fused-ring (bicyclic) bond motifs is 3. The Hall–Kier alpha value is -0.970. The molecule has 4 nitrogen and oxygen atoms in total. The summed E-state index contributed by atoms with van der Waals surface area (Å²) in [7, 11) is 0. The van der Waals surface area contributed by atoms with Crippen LogP contribution in [0.15, 0.2) is 22.8 Å². The molecule has 0 radical (unpaired) electrons. The number of aliphatic hydroxyl groups excluding tert-OH is 3. The van der Waals surface area contributed by atoms with E-state index in [1.54, 1.807) is 0 Å². The molecule has 0 amide bonds. The molecule has 3 N–H and O–H groups in total. The summed E-state index contributed by atoms with van der Waals surface area (Å²) >= 11 is 0. The molecule has 0 aromatic heterocycles. The zero-order chi connectivity index (χ0) is 17.7. The van der Waals surface area contributed by atoms with Crippen molar-refractivity contribution in [2.45, 2.75) is 59.0 Å². The molecule has 0 aromatic carbocycles. The molecule has 4 heteroatoms. The van der Waals surface area contributed by atoms with Gasteiger partial charge in [-0.2, -0.15) is 0 Å². The number of aliphatic hydroxyl groups is 3. The van der Waals surface area contributed by atoms with Gasteiger partial charge in [-0.05, 0) is 55.1 Å². The lowest BCUT2D eigenvalue weighted by Gasteiger charge is -2.49. The topological polar surface area (TPSA) is 77.8 Å². The molecule has 3 rings (SSSR count). The van der Waals surface area contributed by atoms with Crippen LogP contribution in [0.3, 0.4) is 0 Å². The molecule has 1 fully saturated rings. The highest BCUT2D eigenvalue weighted by atomic mass is 16.3. The molecule has 134 valence electrons. The van der Waals surface area contributed by atoms with Gasteiger partial charge >= 0.3 is 0 Å². The van der Waals surface area contributed by atoms with Crippen molar-refractivity contribution in [2.24, 2.45) is 22.7 Å². The Morgan fingerprint density at radius 2 is 1.96 bits per heavy atom. The second kappa shape index (κ2) is 6.08. The fourth-order valence-corrected chi connectivity index (χ4v) is 5.25. The van der Waals surface area contributed by atoms with Crippen LogP contribution in [-0.4, -0.2) is 40.4 Å². The Morgan fingerprint density at radius 3 is 2.58 bits per heavy atom. The Balaban J connectivity index is 2.12. The smallest absolute Gasteiger partial charge is 0.162 e. The van der Waals surface area contributed by atoms with E-state index in [9.17, 15) is 20.1 Å². The van der Waals surface area contributed by atoms with Gasteiger partial charge in [-0.1, -0.05) is 31.9 Å². The van der Waals surface area contributed by atoms with Crippen molar-refractivity contribution in [3.8, 4) is 0 Å². The Kier molecular flexibility index (Phi) is 4.52. The predicted molar refractivity (Wildman–Crippen MR) is 92.2 cm³/mol. The second-order valence-corrected chi connectivity index (χ2v) is 8.55. The summed E-state index contributed by atoms with van der Waals surface area (Å²) in [6.07, 6.45) is 5.04. The fourth-order valence-electron chi connectivity index (χ4n) is 5.25. The van der Waals surface area contributed by atoms with Crippen LogP contribution in [0.2, 0.25) is 0 Å².